The zero-order valence-electron chi connectivity index (χ0n) is 17.5. The minimum atomic E-state index is 0.278. The number of rotatable bonds is 9. The first-order valence-electron chi connectivity index (χ1n) is 10.1. The summed E-state index contributed by atoms with van der Waals surface area (Å²) in [4.78, 5) is 2.10. The van der Waals surface area contributed by atoms with E-state index in [9.17, 15) is 5.11 Å². The summed E-state index contributed by atoms with van der Waals surface area (Å²) in [6.45, 7) is 1.57. The molecule has 1 N–H and O–H groups in total. The van der Waals surface area contributed by atoms with Crippen LogP contribution in [0.15, 0.2) is 78.9 Å². The van der Waals surface area contributed by atoms with Gasteiger partial charge in [0.2, 0.25) is 0 Å². The van der Waals surface area contributed by atoms with Crippen LogP contribution in [-0.4, -0.2) is 37.3 Å². The summed E-state index contributed by atoms with van der Waals surface area (Å²) >= 11 is 6.23. The number of hydrogen-bond donors (Lipinski definition) is 1. The van der Waals surface area contributed by atoms with Gasteiger partial charge in [0.05, 0.1) is 0 Å². The Morgan fingerprint density at radius 2 is 1.67 bits per heavy atom. The molecule has 0 aliphatic rings. The Labute approximate surface area is 184 Å². The van der Waals surface area contributed by atoms with Crippen molar-refractivity contribution in [1.29, 1.82) is 0 Å². The normalized spacial score (nSPS) is 11.7. The van der Waals surface area contributed by atoms with Gasteiger partial charge < -0.3 is 14.7 Å². The van der Waals surface area contributed by atoms with Crippen LogP contribution in [0.2, 0.25) is 5.02 Å². The second kappa shape index (κ2) is 10.9. The van der Waals surface area contributed by atoms with E-state index in [0.717, 1.165) is 41.3 Å². The molecule has 0 unspecified atom stereocenters. The van der Waals surface area contributed by atoms with Crippen molar-refractivity contribution in [2.24, 2.45) is 0 Å². The number of ether oxygens (including phenoxy) is 1. The lowest BCUT2D eigenvalue weighted by Gasteiger charge is -2.12. The van der Waals surface area contributed by atoms with Crippen molar-refractivity contribution in [1.82, 2.24) is 4.90 Å². The summed E-state index contributed by atoms with van der Waals surface area (Å²) in [5, 5.41) is 10.3. The maximum atomic E-state index is 9.56. The van der Waals surface area contributed by atoms with Gasteiger partial charge in [-0.05, 0) is 85.6 Å². The zero-order valence-corrected chi connectivity index (χ0v) is 18.3. The van der Waals surface area contributed by atoms with Crippen molar-refractivity contribution in [3.63, 3.8) is 0 Å². The maximum absolute atomic E-state index is 9.56. The lowest BCUT2D eigenvalue weighted by Crippen LogP contribution is -2.19. The minimum absolute atomic E-state index is 0.278. The average Bonchev–Trinajstić information content (AvgIpc) is 2.73. The molecule has 0 amide bonds. The number of aromatic hydroxyl groups is 1. The second-order valence-corrected chi connectivity index (χ2v) is 8.02. The van der Waals surface area contributed by atoms with E-state index in [4.69, 9.17) is 16.3 Å². The molecule has 0 spiro atoms. The standard InChI is InChI=1S/C26H28ClNO2/c1-28(2)16-17-30-26-14-9-20(10-15-26)6-11-23(22-4-3-5-24(27)19-22)18-21-7-12-25(29)13-8-21/h3-5,7-15,19,29H,6,16-18H2,1-2H3. The number of hydrogen-bond acceptors (Lipinski definition) is 3. The number of phenolic OH excluding ortho intramolecular Hbond substituents is 1. The van der Waals surface area contributed by atoms with E-state index in [2.05, 4.69) is 29.2 Å². The fourth-order valence-corrected chi connectivity index (χ4v) is 3.31. The molecule has 0 aliphatic carbocycles. The van der Waals surface area contributed by atoms with E-state index in [1.165, 1.54) is 11.1 Å². The minimum Gasteiger partial charge on any atom is -0.508 e. The van der Waals surface area contributed by atoms with Crippen molar-refractivity contribution in [3.8, 4) is 11.5 Å². The molecule has 0 aromatic heterocycles. The number of halogens is 1. The first-order chi connectivity index (χ1) is 14.5. The summed E-state index contributed by atoms with van der Waals surface area (Å²) < 4.78 is 5.78. The van der Waals surface area contributed by atoms with E-state index < -0.39 is 0 Å². The number of likely N-dealkylation sites (N-methyl/N-ethyl adjacent to an activating group) is 1. The zero-order chi connectivity index (χ0) is 21.3. The molecule has 0 radical (unpaired) electrons. The van der Waals surface area contributed by atoms with Gasteiger partial charge in [-0.25, -0.2) is 0 Å². The monoisotopic (exact) mass is 421 g/mol. The van der Waals surface area contributed by atoms with Crippen molar-refractivity contribution >= 4 is 17.2 Å². The third kappa shape index (κ3) is 6.94. The van der Waals surface area contributed by atoms with E-state index in [1.807, 2.05) is 56.6 Å². The van der Waals surface area contributed by atoms with Gasteiger partial charge in [-0.15, -0.1) is 0 Å². The van der Waals surface area contributed by atoms with Crippen LogP contribution >= 0.6 is 11.6 Å². The molecule has 3 aromatic rings. The highest BCUT2D eigenvalue weighted by Crippen LogP contribution is 2.25. The van der Waals surface area contributed by atoms with Crippen LogP contribution in [0, 0.1) is 0 Å². The summed E-state index contributed by atoms with van der Waals surface area (Å²) in [5.41, 5.74) is 4.68. The molecule has 0 heterocycles. The van der Waals surface area contributed by atoms with Crippen LogP contribution in [0.4, 0.5) is 0 Å². The van der Waals surface area contributed by atoms with Crippen LogP contribution in [0.5, 0.6) is 11.5 Å². The molecule has 0 fully saturated rings. The molecule has 156 valence electrons. The van der Waals surface area contributed by atoms with Gasteiger partial charge in [-0.2, -0.15) is 0 Å². The highest BCUT2D eigenvalue weighted by atomic mass is 35.5. The predicted molar refractivity (Wildman–Crippen MR) is 125 cm³/mol. The predicted octanol–water partition coefficient (Wildman–Crippen LogP) is 5.85. The Kier molecular flexibility index (Phi) is 7.95. The fraction of sp³-hybridized carbons (Fsp3) is 0.231. The first-order valence-corrected chi connectivity index (χ1v) is 10.5. The average molecular weight is 422 g/mol. The highest BCUT2D eigenvalue weighted by Gasteiger charge is 2.06. The summed E-state index contributed by atoms with van der Waals surface area (Å²) in [7, 11) is 4.07. The number of allylic oxidation sites excluding steroid dienone is 2. The topological polar surface area (TPSA) is 32.7 Å². The van der Waals surface area contributed by atoms with Crippen LogP contribution in [0.25, 0.3) is 5.57 Å². The molecule has 0 bridgehead atoms. The van der Waals surface area contributed by atoms with E-state index in [1.54, 1.807) is 12.1 Å². The smallest absolute Gasteiger partial charge is 0.119 e. The molecule has 0 aliphatic heterocycles. The molecule has 0 saturated heterocycles. The van der Waals surface area contributed by atoms with Gasteiger partial charge in [-0.3, -0.25) is 0 Å². The highest BCUT2D eigenvalue weighted by molar-refractivity contribution is 6.30. The Morgan fingerprint density at radius 3 is 2.33 bits per heavy atom. The maximum Gasteiger partial charge on any atom is 0.119 e. The molecule has 3 rings (SSSR count). The molecular formula is C26H28ClNO2. The Morgan fingerprint density at radius 1 is 0.967 bits per heavy atom. The fourth-order valence-electron chi connectivity index (χ4n) is 3.12. The van der Waals surface area contributed by atoms with E-state index in [0.29, 0.717) is 6.61 Å². The van der Waals surface area contributed by atoms with Crippen molar-refractivity contribution < 1.29 is 9.84 Å². The Balaban J connectivity index is 1.73. The summed E-state index contributed by atoms with van der Waals surface area (Å²) in [6, 6.07) is 23.6. The Hall–Kier alpha value is -2.75. The van der Waals surface area contributed by atoms with Gasteiger partial charge in [0.25, 0.3) is 0 Å². The summed E-state index contributed by atoms with van der Waals surface area (Å²) in [6.07, 6.45) is 3.84. The van der Waals surface area contributed by atoms with Crippen LogP contribution in [0.3, 0.4) is 0 Å². The van der Waals surface area contributed by atoms with Crippen molar-refractivity contribution in [2.75, 3.05) is 27.2 Å². The Bertz CT molecular complexity index is 963. The van der Waals surface area contributed by atoms with Gasteiger partial charge in [0.15, 0.2) is 0 Å². The number of benzene rings is 3. The van der Waals surface area contributed by atoms with Gasteiger partial charge in [-0.1, -0.05) is 54.1 Å². The molecule has 0 saturated carbocycles. The molecular weight excluding hydrogens is 394 g/mol. The van der Waals surface area contributed by atoms with Gasteiger partial charge in [0.1, 0.15) is 18.1 Å². The lowest BCUT2D eigenvalue weighted by molar-refractivity contribution is 0.261. The quantitative estimate of drug-likeness (QED) is 0.470. The molecule has 3 aromatic carbocycles. The van der Waals surface area contributed by atoms with Crippen LogP contribution < -0.4 is 4.74 Å². The summed E-state index contributed by atoms with van der Waals surface area (Å²) in [5.74, 6) is 1.17. The third-order valence-corrected chi connectivity index (χ3v) is 5.08. The van der Waals surface area contributed by atoms with Crippen molar-refractivity contribution in [3.05, 3.63) is 101 Å². The molecule has 0 atom stereocenters. The second-order valence-electron chi connectivity index (χ2n) is 7.58. The van der Waals surface area contributed by atoms with Crippen LogP contribution in [0.1, 0.15) is 16.7 Å². The van der Waals surface area contributed by atoms with Gasteiger partial charge >= 0.3 is 0 Å². The molecule has 30 heavy (non-hydrogen) atoms. The lowest BCUT2D eigenvalue weighted by atomic mass is 9.96. The SMILES string of the molecule is CN(C)CCOc1ccc(CC=C(Cc2ccc(O)cc2)c2cccc(Cl)c2)cc1. The molecule has 3 nitrogen and oxygen atoms in total. The third-order valence-electron chi connectivity index (χ3n) is 4.84. The van der Waals surface area contributed by atoms with Gasteiger partial charge in [0, 0.05) is 11.6 Å². The van der Waals surface area contributed by atoms with Crippen molar-refractivity contribution in [2.45, 2.75) is 12.8 Å². The first kappa shape index (κ1) is 21.9. The van der Waals surface area contributed by atoms with Crippen LogP contribution in [-0.2, 0) is 12.8 Å². The largest absolute Gasteiger partial charge is 0.508 e. The number of nitrogens with zero attached hydrogens (tertiary/aromatic N) is 1. The molecule has 4 heteroatoms. The van der Waals surface area contributed by atoms with E-state index >= 15 is 0 Å². The van der Waals surface area contributed by atoms with E-state index in [-0.39, 0.29) is 5.75 Å². The number of phenols is 1.